The van der Waals surface area contributed by atoms with Crippen LogP contribution < -0.4 is 11.1 Å². The third kappa shape index (κ3) is 3.01. The molecule has 3 N–H and O–H groups in total. The van der Waals surface area contributed by atoms with Gasteiger partial charge in [0.1, 0.15) is 0 Å². The lowest BCUT2D eigenvalue weighted by Crippen LogP contribution is -2.50. The van der Waals surface area contributed by atoms with E-state index in [-0.39, 0.29) is 12.1 Å². The maximum atomic E-state index is 12.2. The highest BCUT2D eigenvalue weighted by Crippen LogP contribution is 2.22. The fraction of sp³-hybridized carbons (Fsp3) is 0.500. The number of benzene rings is 1. The minimum absolute atomic E-state index is 0.0384. The molecule has 2 atom stereocenters. The molecule has 0 aliphatic carbocycles. The second-order valence-electron chi connectivity index (χ2n) is 5.01. The number of anilines is 1. The first kappa shape index (κ1) is 12.9. The van der Waals surface area contributed by atoms with E-state index < -0.39 is 0 Å². The summed E-state index contributed by atoms with van der Waals surface area (Å²) in [6.07, 6.45) is 2.05. The van der Waals surface area contributed by atoms with E-state index in [0.29, 0.717) is 12.5 Å². The van der Waals surface area contributed by atoms with Gasteiger partial charge in [0.05, 0.1) is 0 Å². The first-order valence-corrected chi connectivity index (χ1v) is 6.53. The number of piperidine rings is 1. The van der Waals surface area contributed by atoms with Crippen molar-refractivity contribution in [3.63, 3.8) is 0 Å². The lowest BCUT2D eigenvalue weighted by Gasteiger charge is -2.37. The van der Waals surface area contributed by atoms with Crippen LogP contribution in [0.3, 0.4) is 0 Å². The molecule has 4 nitrogen and oxygen atoms in total. The maximum absolute atomic E-state index is 12.2. The van der Waals surface area contributed by atoms with E-state index in [2.05, 4.69) is 12.2 Å². The van der Waals surface area contributed by atoms with Crippen LogP contribution in [0.1, 0.15) is 19.8 Å². The van der Waals surface area contributed by atoms with E-state index in [4.69, 9.17) is 5.73 Å². The largest absolute Gasteiger partial charge is 0.328 e. The Hall–Kier alpha value is -1.55. The summed E-state index contributed by atoms with van der Waals surface area (Å²) in [5.41, 5.74) is 6.60. The minimum Gasteiger partial charge on any atom is -0.328 e. The molecule has 4 heteroatoms. The number of nitrogens with one attached hydrogen (secondary N) is 1. The standard InChI is InChI=1S/C14H21N3O/c1-11-7-8-17(13(9-11)10-15)14(18)16-12-5-3-2-4-6-12/h2-6,11,13H,7-10,15H2,1H3,(H,16,18). The Morgan fingerprint density at radius 1 is 1.44 bits per heavy atom. The molecular weight excluding hydrogens is 226 g/mol. The van der Waals surface area contributed by atoms with E-state index in [1.54, 1.807) is 0 Å². The first-order chi connectivity index (χ1) is 8.70. The van der Waals surface area contributed by atoms with Gasteiger partial charge >= 0.3 is 6.03 Å². The van der Waals surface area contributed by atoms with Gasteiger partial charge in [-0.05, 0) is 30.9 Å². The van der Waals surface area contributed by atoms with Crippen LogP contribution in [0.15, 0.2) is 30.3 Å². The Morgan fingerprint density at radius 2 is 2.17 bits per heavy atom. The zero-order chi connectivity index (χ0) is 13.0. The van der Waals surface area contributed by atoms with Crippen molar-refractivity contribution in [2.75, 3.05) is 18.4 Å². The molecule has 1 saturated heterocycles. The van der Waals surface area contributed by atoms with Crippen LogP contribution in [0, 0.1) is 5.92 Å². The Morgan fingerprint density at radius 3 is 2.83 bits per heavy atom. The molecule has 18 heavy (non-hydrogen) atoms. The monoisotopic (exact) mass is 247 g/mol. The molecule has 0 spiro atoms. The highest BCUT2D eigenvalue weighted by atomic mass is 16.2. The number of amides is 2. The van der Waals surface area contributed by atoms with Gasteiger partial charge in [-0.25, -0.2) is 4.79 Å². The van der Waals surface area contributed by atoms with Crippen LogP contribution in [0.2, 0.25) is 0 Å². The summed E-state index contributed by atoms with van der Waals surface area (Å²) < 4.78 is 0. The molecule has 0 saturated carbocycles. The molecule has 1 fully saturated rings. The quantitative estimate of drug-likeness (QED) is 0.842. The highest BCUT2D eigenvalue weighted by Gasteiger charge is 2.28. The summed E-state index contributed by atoms with van der Waals surface area (Å²) in [5, 5.41) is 2.92. The van der Waals surface area contributed by atoms with Crippen LogP contribution in [0.4, 0.5) is 10.5 Å². The van der Waals surface area contributed by atoms with Crippen LogP contribution in [0.25, 0.3) is 0 Å². The molecule has 1 aliphatic rings. The summed E-state index contributed by atoms with van der Waals surface area (Å²) in [6.45, 7) is 3.54. The molecule has 1 aromatic rings. The van der Waals surface area contributed by atoms with Gasteiger partial charge < -0.3 is 16.0 Å². The van der Waals surface area contributed by atoms with Gasteiger partial charge in [-0.2, -0.15) is 0 Å². The zero-order valence-electron chi connectivity index (χ0n) is 10.8. The number of hydrogen-bond donors (Lipinski definition) is 2. The van der Waals surface area contributed by atoms with Crippen molar-refractivity contribution < 1.29 is 4.79 Å². The van der Waals surface area contributed by atoms with Gasteiger partial charge in [-0.1, -0.05) is 25.1 Å². The van der Waals surface area contributed by atoms with Gasteiger partial charge in [-0.15, -0.1) is 0 Å². The van der Waals surface area contributed by atoms with Crippen molar-refractivity contribution in [2.24, 2.45) is 11.7 Å². The van der Waals surface area contributed by atoms with Crippen LogP contribution in [-0.4, -0.2) is 30.1 Å². The van der Waals surface area contributed by atoms with Crippen molar-refractivity contribution in [3.8, 4) is 0 Å². The van der Waals surface area contributed by atoms with Gasteiger partial charge in [0, 0.05) is 24.8 Å². The topological polar surface area (TPSA) is 58.4 Å². The van der Waals surface area contributed by atoms with Crippen molar-refractivity contribution in [1.82, 2.24) is 4.90 Å². The molecule has 98 valence electrons. The Bertz CT molecular complexity index is 393. The number of carbonyl (C=O) groups is 1. The van der Waals surface area contributed by atoms with E-state index in [9.17, 15) is 4.79 Å². The fourth-order valence-electron chi connectivity index (χ4n) is 2.46. The lowest BCUT2D eigenvalue weighted by molar-refractivity contribution is 0.145. The SMILES string of the molecule is CC1CCN(C(=O)Nc2ccccc2)C(CN)C1. The van der Waals surface area contributed by atoms with Crippen LogP contribution in [-0.2, 0) is 0 Å². The lowest BCUT2D eigenvalue weighted by atomic mass is 9.93. The highest BCUT2D eigenvalue weighted by molar-refractivity contribution is 5.89. The van der Waals surface area contributed by atoms with Crippen LogP contribution >= 0.6 is 0 Å². The summed E-state index contributed by atoms with van der Waals surface area (Å²) in [7, 11) is 0. The van der Waals surface area contributed by atoms with Crippen molar-refractivity contribution >= 4 is 11.7 Å². The van der Waals surface area contributed by atoms with Gasteiger partial charge in [-0.3, -0.25) is 0 Å². The normalized spacial score (nSPS) is 23.8. The molecule has 1 heterocycles. The van der Waals surface area contributed by atoms with Gasteiger partial charge in [0.15, 0.2) is 0 Å². The number of nitrogens with zero attached hydrogens (tertiary/aromatic N) is 1. The molecular formula is C14H21N3O. The summed E-state index contributed by atoms with van der Waals surface area (Å²) >= 11 is 0. The maximum Gasteiger partial charge on any atom is 0.322 e. The third-order valence-electron chi connectivity index (χ3n) is 3.54. The molecule has 0 radical (unpaired) electrons. The number of rotatable bonds is 2. The molecule has 2 amide bonds. The average molecular weight is 247 g/mol. The smallest absolute Gasteiger partial charge is 0.322 e. The zero-order valence-corrected chi connectivity index (χ0v) is 10.8. The molecule has 0 bridgehead atoms. The Balaban J connectivity index is 1.99. The number of urea groups is 1. The Kier molecular flexibility index (Phi) is 4.20. The number of para-hydroxylation sites is 1. The number of carbonyl (C=O) groups excluding carboxylic acids is 1. The number of hydrogen-bond acceptors (Lipinski definition) is 2. The summed E-state index contributed by atoms with van der Waals surface area (Å²) in [5.74, 6) is 0.652. The molecule has 1 aliphatic heterocycles. The number of likely N-dealkylation sites (tertiary alicyclic amines) is 1. The van der Waals surface area contributed by atoms with Gasteiger partial charge in [0.2, 0.25) is 0 Å². The van der Waals surface area contributed by atoms with Crippen LogP contribution in [0.5, 0.6) is 0 Å². The first-order valence-electron chi connectivity index (χ1n) is 6.53. The van der Waals surface area contributed by atoms with Crippen molar-refractivity contribution in [3.05, 3.63) is 30.3 Å². The molecule has 1 aromatic carbocycles. The summed E-state index contributed by atoms with van der Waals surface area (Å²) in [6, 6.07) is 9.66. The Labute approximate surface area is 108 Å². The van der Waals surface area contributed by atoms with E-state index in [1.165, 1.54) is 0 Å². The molecule has 2 unspecified atom stereocenters. The third-order valence-corrected chi connectivity index (χ3v) is 3.54. The second kappa shape index (κ2) is 5.87. The van der Waals surface area contributed by atoms with Crippen molar-refractivity contribution in [2.45, 2.75) is 25.8 Å². The average Bonchev–Trinajstić information content (AvgIpc) is 2.39. The van der Waals surface area contributed by atoms with E-state index >= 15 is 0 Å². The van der Waals surface area contributed by atoms with E-state index in [1.807, 2.05) is 35.2 Å². The fourth-order valence-corrected chi connectivity index (χ4v) is 2.46. The van der Waals surface area contributed by atoms with Crippen molar-refractivity contribution in [1.29, 1.82) is 0 Å². The van der Waals surface area contributed by atoms with E-state index in [0.717, 1.165) is 25.1 Å². The number of nitrogens with two attached hydrogens (primary N) is 1. The summed E-state index contributed by atoms with van der Waals surface area (Å²) in [4.78, 5) is 14.1. The van der Waals surface area contributed by atoms with Gasteiger partial charge in [0.25, 0.3) is 0 Å². The molecule has 2 rings (SSSR count). The predicted molar refractivity (Wildman–Crippen MR) is 73.4 cm³/mol. The molecule has 0 aromatic heterocycles. The second-order valence-corrected chi connectivity index (χ2v) is 5.01. The predicted octanol–water partition coefficient (Wildman–Crippen LogP) is 2.28. The minimum atomic E-state index is -0.0384.